The number of thiophene rings is 2. The van der Waals surface area contributed by atoms with Gasteiger partial charge in [0.25, 0.3) is 0 Å². The van der Waals surface area contributed by atoms with Gasteiger partial charge in [0.2, 0.25) is 0 Å². The van der Waals surface area contributed by atoms with E-state index in [1.807, 2.05) is 22.7 Å². The van der Waals surface area contributed by atoms with Gasteiger partial charge < -0.3 is 4.57 Å². The molecule has 5 heteroatoms. The summed E-state index contributed by atoms with van der Waals surface area (Å²) in [6, 6.07) is 89.0. The van der Waals surface area contributed by atoms with Crippen LogP contribution in [0.5, 0.6) is 0 Å². The fourth-order valence-corrected chi connectivity index (χ4v) is 14.6. The second kappa shape index (κ2) is 16.6. The predicted molar refractivity (Wildman–Crippen MR) is 312 cm³/mol. The van der Waals surface area contributed by atoms with Crippen LogP contribution in [0.4, 0.5) is 0 Å². The summed E-state index contributed by atoms with van der Waals surface area (Å²) in [5.74, 6) is 0. The third-order valence-corrected chi connectivity index (χ3v) is 18.1. The molecule has 0 radical (unpaired) electrons. The van der Waals surface area contributed by atoms with Crippen molar-refractivity contribution in [2.45, 2.75) is 0 Å². The van der Waals surface area contributed by atoms with E-state index in [1.165, 1.54) is 117 Å². The molecule has 0 unspecified atom stereocenters. The van der Waals surface area contributed by atoms with Gasteiger partial charge in [0.15, 0.2) is 0 Å². The van der Waals surface area contributed by atoms with E-state index >= 15 is 0 Å². The van der Waals surface area contributed by atoms with Gasteiger partial charge in [0.05, 0.1) is 21.3 Å². The maximum Gasteiger partial charge on any atom is 0.124 e. The first-order chi connectivity index (χ1) is 35.7. The second-order valence-corrected chi connectivity index (χ2v) is 21.7. The molecule has 15 rings (SSSR count). The van der Waals surface area contributed by atoms with E-state index < -0.39 is 0 Å². The number of aromatic nitrogens is 2. The van der Waals surface area contributed by atoms with Gasteiger partial charge in [0, 0.05) is 73.5 Å². The van der Waals surface area contributed by atoms with Crippen molar-refractivity contribution in [2.75, 3.05) is 0 Å². The van der Waals surface area contributed by atoms with Crippen molar-refractivity contribution in [1.29, 1.82) is 0 Å². The van der Waals surface area contributed by atoms with E-state index in [2.05, 4.69) is 247 Å². The maximum atomic E-state index is 5.54. The lowest BCUT2D eigenvalue weighted by atomic mass is 9.95. The van der Waals surface area contributed by atoms with E-state index in [9.17, 15) is 0 Å². The number of hydrogen-bond acceptors (Lipinski definition) is 4. The van der Waals surface area contributed by atoms with Crippen molar-refractivity contribution in [3.63, 3.8) is 0 Å². The first-order valence-electron chi connectivity index (χ1n) is 24.3. The van der Waals surface area contributed by atoms with Crippen molar-refractivity contribution in [3.8, 4) is 71.9 Å². The Hall–Kier alpha value is -8.45. The van der Waals surface area contributed by atoms with Crippen LogP contribution in [0.15, 0.2) is 243 Å². The smallest absolute Gasteiger partial charge is 0.124 e. The van der Waals surface area contributed by atoms with Crippen molar-refractivity contribution < 1.29 is 0 Å². The molecular weight excluding hydrogens is 929 g/mol. The van der Waals surface area contributed by atoms with Crippen LogP contribution in [0.3, 0.4) is 0 Å². The van der Waals surface area contributed by atoms with Gasteiger partial charge in [-0.25, -0.2) is 4.98 Å². The zero-order valence-corrected chi connectivity index (χ0v) is 41.2. The highest BCUT2D eigenvalue weighted by molar-refractivity contribution is 7.26. The maximum absolute atomic E-state index is 5.54. The third kappa shape index (κ3) is 6.63. The number of nitrogens with zero attached hydrogens (tertiary/aromatic N) is 2. The molecule has 0 aliphatic rings. The summed E-state index contributed by atoms with van der Waals surface area (Å²) in [5.41, 5.74) is 17.7. The Balaban J connectivity index is 0.823. The number of fused-ring (bicyclic) bond motifs is 10. The van der Waals surface area contributed by atoms with Gasteiger partial charge in [-0.05, 0) is 87.0 Å². The van der Waals surface area contributed by atoms with Crippen LogP contribution in [0.2, 0.25) is 0 Å². The molecule has 0 N–H and O–H groups in total. The molecule has 4 aromatic heterocycles. The molecule has 11 aromatic carbocycles. The zero-order chi connectivity index (χ0) is 47.3. The Morgan fingerprint density at radius 3 is 1.36 bits per heavy atom. The van der Waals surface area contributed by atoms with E-state index in [0.29, 0.717) is 0 Å². The van der Waals surface area contributed by atoms with Crippen LogP contribution in [-0.4, -0.2) is 9.55 Å². The molecule has 15 aromatic rings. The monoisotopic (exact) mass is 968 g/mol. The Bertz CT molecular complexity index is 4400. The minimum absolute atomic E-state index is 1.01. The molecule has 0 saturated carbocycles. The highest BCUT2D eigenvalue weighted by Crippen LogP contribution is 2.46. The molecular formula is C67H40N2S3. The van der Waals surface area contributed by atoms with Gasteiger partial charge in [-0.3, -0.25) is 0 Å². The Morgan fingerprint density at radius 1 is 0.278 bits per heavy atom. The SMILES string of the molecule is c1ccc(-n2c3ccccc3c3cc(-c4ccc(-c5nc6c(-c7ccc(-c8cccc9c8sc8ccccc89)cc7)ccc(-c7ccc(-c8cccc9c8sc8ccccc89)cc7)c6s5)cc4)ccc32)cc1. The van der Waals surface area contributed by atoms with Gasteiger partial charge >= 0.3 is 0 Å². The van der Waals surface area contributed by atoms with E-state index in [-0.39, 0.29) is 0 Å². The normalized spacial score (nSPS) is 11.9. The summed E-state index contributed by atoms with van der Waals surface area (Å²) in [7, 11) is 0. The van der Waals surface area contributed by atoms with Crippen LogP contribution in [0, 0.1) is 0 Å². The first kappa shape index (κ1) is 41.3. The van der Waals surface area contributed by atoms with Crippen LogP contribution in [-0.2, 0) is 0 Å². The molecule has 0 fully saturated rings. The Labute approximate surface area is 427 Å². The summed E-state index contributed by atoms with van der Waals surface area (Å²) < 4.78 is 8.86. The van der Waals surface area contributed by atoms with Gasteiger partial charge in [0.1, 0.15) is 5.01 Å². The number of benzene rings is 11. The molecule has 0 atom stereocenters. The fourth-order valence-electron chi connectivity index (χ4n) is 11.0. The molecule has 0 aliphatic heterocycles. The minimum Gasteiger partial charge on any atom is -0.309 e. The largest absolute Gasteiger partial charge is 0.309 e. The van der Waals surface area contributed by atoms with E-state index in [0.717, 1.165) is 27.2 Å². The summed E-state index contributed by atoms with van der Waals surface area (Å²) in [4.78, 5) is 5.54. The van der Waals surface area contributed by atoms with Crippen LogP contribution in [0.25, 0.3) is 144 Å². The number of hydrogen-bond donors (Lipinski definition) is 0. The molecule has 336 valence electrons. The summed E-state index contributed by atoms with van der Waals surface area (Å²) in [5, 5.41) is 8.78. The number of rotatable bonds is 7. The first-order valence-corrected chi connectivity index (χ1v) is 26.8. The fraction of sp³-hybridized carbons (Fsp3) is 0. The van der Waals surface area contributed by atoms with Crippen molar-refractivity contribution in [3.05, 3.63) is 243 Å². The van der Waals surface area contributed by atoms with Crippen LogP contribution in [0.1, 0.15) is 0 Å². The lowest BCUT2D eigenvalue weighted by Crippen LogP contribution is -1.92. The Kier molecular flexibility index (Phi) is 9.52. The third-order valence-electron chi connectivity index (χ3n) is 14.5. The minimum atomic E-state index is 1.01. The molecule has 2 nitrogen and oxygen atoms in total. The van der Waals surface area contributed by atoms with E-state index in [4.69, 9.17) is 4.98 Å². The summed E-state index contributed by atoms with van der Waals surface area (Å²) >= 11 is 5.54. The number of para-hydroxylation sites is 2. The van der Waals surface area contributed by atoms with Gasteiger partial charge in [-0.2, -0.15) is 0 Å². The lowest BCUT2D eigenvalue weighted by molar-refractivity contribution is 1.18. The highest BCUT2D eigenvalue weighted by Gasteiger charge is 2.19. The molecule has 0 bridgehead atoms. The van der Waals surface area contributed by atoms with Crippen molar-refractivity contribution >= 4 is 106 Å². The van der Waals surface area contributed by atoms with Crippen molar-refractivity contribution in [2.24, 2.45) is 0 Å². The second-order valence-electron chi connectivity index (χ2n) is 18.6. The number of thiazole rings is 1. The molecule has 0 spiro atoms. The topological polar surface area (TPSA) is 17.8 Å². The van der Waals surface area contributed by atoms with Gasteiger partial charge in [-0.15, -0.1) is 34.0 Å². The lowest BCUT2D eigenvalue weighted by Gasteiger charge is -2.10. The molecule has 0 aliphatic carbocycles. The standard InChI is InChI=1S/C67H40N2S3/c1-2-12-48(13-3-1)69-59-21-7-4-14-53(59)58-40-47(36-39-60(58)69)41-24-34-46(35-25-41)67-68-63-49(42-26-28-43(29-27-42)50-17-10-19-56-54-15-5-8-22-61(54)70-64(50)56)37-38-52(66(63)72-67)45-32-30-44(31-33-45)51-18-11-20-57-55-16-6-9-23-62(55)71-65(51)57/h1-40H. The van der Waals surface area contributed by atoms with Gasteiger partial charge in [-0.1, -0.05) is 200 Å². The molecule has 4 heterocycles. The summed E-state index contributed by atoms with van der Waals surface area (Å²) in [6.45, 7) is 0. The highest BCUT2D eigenvalue weighted by atomic mass is 32.1. The predicted octanol–water partition coefficient (Wildman–Crippen LogP) is 20.1. The quantitative estimate of drug-likeness (QED) is 0.156. The molecule has 0 saturated heterocycles. The average molecular weight is 969 g/mol. The van der Waals surface area contributed by atoms with Crippen molar-refractivity contribution in [1.82, 2.24) is 9.55 Å². The van der Waals surface area contributed by atoms with Crippen LogP contribution >= 0.6 is 34.0 Å². The van der Waals surface area contributed by atoms with E-state index in [1.54, 1.807) is 11.3 Å². The summed E-state index contributed by atoms with van der Waals surface area (Å²) in [6.07, 6.45) is 0. The Morgan fingerprint density at radius 2 is 0.736 bits per heavy atom. The zero-order valence-electron chi connectivity index (χ0n) is 38.7. The molecule has 72 heavy (non-hydrogen) atoms. The average Bonchev–Trinajstić information content (AvgIpc) is 4.24. The molecule has 0 amide bonds. The van der Waals surface area contributed by atoms with Crippen LogP contribution < -0.4 is 0 Å².